The van der Waals surface area contributed by atoms with Crippen molar-refractivity contribution in [2.75, 3.05) is 26.2 Å². The highest BCUT2D eigenvalue weighted by Crippen LogP contribution is 2.23. The van der Waals surface area contributed by atoms with Gasteiger partial charge in [-0.2, -0.15) is 0 Å². The van der Waals surface area contributed by atoms with Crippen LogP contribution in [0.1, 0.15) is 61.1 Å². The summed E-state index contributed by atoms with van der Waals surface area (Å²) in [7, 11) is 0. The molecule has 0 atom stereocenters. The first-order valence-electron chi connectivity index (χ1n) is 10.5. The van der Waals surface area contributed by atoms with E-state index in [0.29, 0.717) is 17.3 Å². The molecule has 2 aliphatic heterocycles. The van der Waals surface area contributed by atoms with Crippen molar-refractivity contribution in [2.24, 2.45) is 0 Å². The molecule has 0 unspecified atom stereocenters. The third-order valence-electron chi connectivity index (χ3n) is 5.96. The number of hydrogen-bond donors (Lipinski definition) is 1. The van der Waals surface area contributed by atoms with Crippen molar-refractivity contribution in [3.05, 3.63) is 34.7 Å². The largest absolute Gasteiger partial charge is 0.393 e. The lowest BCUT2D eigenvalue weighted by atomic mass is 10.1. The Balaban J connectivity index is 1.65. The van der Waals surface area contributed by atoms with Gasteiger partial charge in [0.2, 0.25) is 0 Å². The topological polar surface area (TPSA) is 61.1 Å². The number of likely N-dealkylation sites (tertiary alicyclic amines) is 2. The zero-order valence-electron chi connectivity index (χ0n) is 16.3. The van der Waals surface area contributed by atoms with Crippen LogP contribution in [0.2, 0.25) is 5.02 Å². The minimum atomic E-state index is -0.213. The first-order valence-corrected chi connectivity index (χ1v) is 10.9. The third-order valence-corrected chi connectivity index (χ3v) is 6.18. The molecule has 7 heteroatoms. The van der Waals surface area contributed by atoms with E-state index in [1.165, 1.54) is 19.3 Å². The molecule has 1 amide bonds. The number of halogens is 1. The molecule has 0 saturated carbocycles. The average molecular weight is 405 g/mol. The summed E-state index contributed by atoms with van der Waals surface area (Å²) in [5.41, 5.74) is 2.21. The fourth-order valence-corrected chi connectivity index (χ4v) is 4.44. The van der Waals surface area contributed by atoms with E-state index in [0.717, 1.165) is 63.2 Å². The van der Waals surface area contributed by atoms with Gasteiger partial charge in [-0.05, 0) is 37.8 Å². The Morgan fingerprint density at radius 1 is 1.07 bits per heavy atom. The average Bonchev–Trinajstić information content (AvgIpc) is 3.00. The van der Waals surface area contributed by atoms with E-state index < -0.39 is 0 Å². The van der Waals surface area contributed by atoms with Crippen LogP contribution in [0, 0.1) is 0 Å². The first kappa shape index (κ1) is 19.7. The molecule has 0 radical (unpaired) electrons. The van der Waals surface area contributed by atoms with E-state index in [1.54, 1.807) is 0 Å². The first-order chi connectivity index (χ1) is 13.6. The number of aliphatic hydroxyl groups is 1. The minimum absolute atomic E-state index is 0.0359. The third kappa shape index (κ3) is 4.34. The molecular formula is C21H29ClN4O2. The van der Waals surface area contributed by atoms with Crippen LogP contribution in [-0.2, 0) is 6.54 Å². The summed E-state index contributed by atoms with van der Waals surface area (Å²) in [5, 5.41) is 10.4. The Morgan fingerprint density at radius 3 is 2.46 bits per heavy atom. The van der Waals surface area contributed by atoms with Gasteiger partial charge in [0.05, 0.1) is 16.8 Å². The number of aliphatic hydroxyl groups excluding tert-OH is 1. The fourth-order valence-electron chi connectivity index (χ4n) is 4.28. The van der Waals surface area contributed by atoms with Crippen LogP contribution >= 0.6 is 11.6 Å². The minimum Gasteiger partial charge on any atom is -0.393 e. The molecular weight excluding hydrogens is 376 g/mol. The number of nitrogens with zero attached hydrogens (tertiary/aromatic N) is 4. The molecule has 0 bridgehead atoms. The number of carbonyl (C=O) groups is 1. The molecule has 152 valence electrons. The number of imidazole rings is 1. The Hall–Kier alpha value is -1.63. The van der Waals surface area contributed by atoms with Gasteiger partial charge in [-0.1, -0.05) is 30.9 Å². The maximum absolute atomic E-state index is 13.4. The number of pyridine rings is 1. The number of amides is 1. The maximum Gasteiger partial charge on any atom is 0.274 e. The molecule has 2 saturated heterocycles. The van der Waals surface area contributed by atoms with Crippen LogP contribution in [-0.4, -0.2) is 62.5 Å². The smallest absolute Gasteiger partial charge is 0.274 e. The normalized spacial score (nSPS) is 20.3. The van der Waals surface area contributed by atoms with Gasteiger partial charge in [0.15, 0.2) is 5.69 Å². The van der Waals surface area contributed by atoms with Crippen molar-refractivity contribution in [2.45, 2.75) is 57.6 Å². The molecule has 28 heavy (non-hydrogen) atoms. The molecule has 2 aromatic heterocycles. The highest BCUT2D eigenvalue weighted by atomic mass is 35.5. The van der Waals surface area contributed by atoms with Crippen LogP contribution in [0.3, 0.4) is 0 Å². The second-order valence-corrected chi connectivity index (χ2v) is 8.49. The highest BCUT2D eigenvalue weighted by Gasteiger charge is 2.27. The summed E-state index contributed by atoms with van der Waals surface area (Å²) in [6.07, 6.45) is 8.94. The second-order valence-electron chi connectivity index (χ2n) is 8.05. The quantitative estimate of drug-likeness (QED) is 0.852. The van der Waals surface area contributed by atoms with E-state index in [9.17, 15) is 9.90 Å². The summed E-state index contributed by atoms with van der Waals surface area (Å²) in [6, 6.07) is 3.69. The fraction of sp³-hybridized carbons (Fsp3) is 0.619. The molecule has 0 spiro atoms. The zero-order valence-corrected chi connectivity index (χ0v) is 17.1. The van der Waals surface area contributed by atoms with Crippen LogP contribution < -0.4 is 0 Å². The Bertz CT molecular complexity index is 821. The Morgan fingerprint density at radius 2 is 1.75 bits per heavy atom. The molecule has 4 rings (SSSR count). The van der Waals surface area contributed by atoms with Gasteiger partial charge in [-0.15, -0.1) is 0 Å². The van der Waals surface area contributed by atoms with Crippen molar-refractivity contribution in [3.63, 3.8) is 0 Å². The lowest BCUT2D eigenvalue weighted by Gasteiger charge is -2.30. The van der Waals surface area contributed by atoms with Crippen LogP contribution in [0.5, 0.6) is 0 Å². The second kappa shape index (κ2) is 8.80. The van der Waals surface area contributed by atoms with Gasteiger partial charge >= 0.3 is 0 Å². The predicted molar refractivity (Wildman–Crippen MR) is 110 cm³/mol. The van der Waals surface area contributed by atoms with Gasteiger partial charge in [0.1, 0.15) is 5.65 Å². The van der Waals surface area contributed by atoms with Gasteiger partial charge in [0.25, 0.3) is 5.91 Å². The molecule has 6 nitrogen and oxygen atoms in total. The highest BCUT2D eigenvalue weighted by molar-refractivity contribution is 6.30. The Labute approximate surface area is 171 Å². The summed E-state index contributed by atoms with van der Waals surface area (Å²) in [5.74, 6) is 0.0359. The maximum atomic E-state index is 13.4. The van der Waals surface area contributed by atoms with Gasteiger partial charge < -0.3 is 14.4 Å². The summed E-state index contributed by atoms with van der Waals surface area (Å²) < 4.78 is 1.96. The van der Waals surface area contributed by atoms with E-state index in [-0.39, 0.29) is 12.0 Å². The monoisotopic (exact) mass is 404 g/mol. The molecule has 2 fully saturated rings. The molecule has 0 aliphatic carbocycles. The van der Waals surface area contributed by atoms with Crippen LogP contribution in [0.15, 0.2) is 18.3 Å². The van der Waals surface area contributed by atoms with Gasteiger partial charge in [-0.25, -0.2) is 4.98 Å². The van der Waals surface area contributed by atoms with Crippen molar-refractivity contribution < 1.29 is 9.90 Å². The number of rotatable bonds is 3. The summed E-state index contributed by atoms with van der Waals surface area (Å²) in [6.45, 7) is 3.91. The number of fused-ring (bicyclic) bond motifs is 1. The van der Waals surface area contributed by atoms with Crippen LogP contribution in [0.25, 0.3) is 5.65 Å². The number of carbonyl (C=O) groups excluding carboxylic acids is 1. The van der Waals surface area contributed by atoms with E-state index in [2.05, 4.69) is 4.90 Å². The molecule has 1 N–H and O–H groups in total. The Kier molecular flexibility index (Phi) is 6.19. The zero-order chi connectivity index (χ0) is 19.5. The number of aromatic nitrogens is 2. The molecule has 2 aromatic rings. The summed E-state index contributed by atoms with van der Waals surface area (Å²) >= 11 is 6.24. The van der Waals surface area contributed by atoms with Crippen molar-refractivity contribution in [1.82, 2.24) is 19.2 Å². The lowest BCUT2D eigenvalue weighted by molar-refractivity contribution is 0.0716. The van der Waals surface area contributed by atoms with Crippen molar-refractivity contribution in [1.29, 1.82) is 0 Å². The number of piperidine rings is 1. The van der Waals surface area contributed by atoms with E-state index in [4.69, 9.17) is 16.6 Å². The lowest BCUT2D eigenvalue weighted by Crippen LogP contribution is -2.37. The van der Waals surface area contributed by atoms with Crippen molar-refractivity contribution >= 4 is 23.2 Å². The van der Waals surface area contributed by atoms with E-state index >= 15 is 0 Å². The van der Waals surface area contributed by atoms with Gasteiger partial charge in [0, 0.05) is 38.9 Å². The van der Waals surface area contributed by atoms with E-state index in [1.807, 2.05) is 27.6 Å². The molecule has 4 heterocycles. The molecule has 2 aliphatic rings. The van der Waals surface area contributed by atoms with Gasteiger partial charge in [-0.3, -0.25) is 9.69 Å². The molecule has 0 aromatic carbocycles. The number of hydrogen-bond acceptors (Lipinski definition) is 4. The SMILES string of the molecule is O=C(c1nc2ccc(Cl)cn2c1CN1CCC(O)CC1)N1CCCCCCC1. The van der Waals surface area contributed by atoms with Crippen molar-refractivity contribution in [3.8, 4) is 0 Å². The predicted octanol–water partition coefficient (Wildman–Crippen LogP) is 3.35. The summed E-state index contributed by atoms with van der Waals surface area (Å²) in [4.78, 5) is 22.4. The van der Waals surface area contributed by atoms with Crippen LogP contribution in [0.4, 0.5) is 0 Å². The standard InChI is InChI=1S/C21H29ClN4O2/c22-16-6-7-19-23-20(21(28)25-10-4-2-1-3-5-11-25)18(26(19)14-16)15-24-12-8-17(27)9-13-24/h6-7,14,17,27H,1-5,8-13,15H2.